The predicted octanol–water partition coefficient (Wildman–Crippen LogP) is 1.70. The SMILES string of the molecule is CCSCC(C)NC(=O)C1(C(N)=S)CCC1. The van der Waals surface area contributed by atoms with E-state index in [9.17, 15) is 4.79 Å². The van der Waals surface area contributed by atoms with Crippen molar-refractivity contribution >= 4 is 34.9 Å². The number of nitrogens with two attached hydrogens (primary N) is 1. The molecule has 3 N–H and O–H groups in total. The molecule has 1 saturated carbocycles. The maximum absolute atomic E-state index is 12.1. The van der Waals surface area contributed by atoms with Gasteiger partial charge >= 0.3 is 0 Å². The van der Waals surface area contributed by atoms with Gasteiger partial charge in [-0.25, -0.2) is 0 Å². The van der Waals surface area contributed by atoms with Gasteiger partial charge in [-0.15, -0.1) is 0 Å². The van der Waals surface area contributed by atoms with Gasteiger partial charge in [0.2, 0.25) is 5.91 Å². The van der Waals surface area contributed by atoms with E-state index < -0.39 is 5.41 Å². The molecule has 3 nitrogen and oxygen atoms in total. The van der Waals surface area contributed by atoms with E-state index in [0.29, 0.717) is 4.99 Å². The molecule has 16 heavy (non-hydrogen) atoms. The van der Waals surface area contributed by atoms with Crippen LogP contribution in [0.25, 0.3) is 0 Å². The molecule has 0 saturated heterocycles. The Labute approximate surface area is 107 Å². The number of nitrogens with one attached hydrogen (secondary N) is 1. The molecule has 1 atom stereocenters. The molecule has 0 spiro atoms. The van der Waals surface area contributed by atoms with Crippen molar-refractivity contribution in [1.29, 1.82) is 0 Å². The van der Waals surface area contributed by atoms with Crippen LogP contribution in [-0.4, -0.2) is 28.4 Å². The summed E-state index contributed by atoms with van der Waals surface area (Å²) in [6.07, 6.45) is 2.66. The van der Waals surface area contributed by atoms with Crippen LogP contribution in [0.1, 0.15) is 33.1 Å². The van der Waals surface area contributed by atoms with Crippen LogP contribution in [0.4, 0.5) is 0 Å². The van der Waals surface area contributed by atoms with E-state index in [1.54, 1.807) is 0 Å². The molecule has 1 amide bonds. The Morgan fingerprint density at radius 2 is 2.25 bits per heavy atom. The highest BCUT2D eigenvalue weighted by Crippen LogP contribution is 2.41. The van der Waals surface area contributed by atoms with E-state index in [0.717, 1.165) is 30.8 Å². The number of rotatable bonds is 6. The Balaban J connectivity index is 2.47. The van der Waals surface area contributed by atoms with Crippen molar-refractivity contribution < 1.29 is 4.79 Å². The Bertz CT molecular complexity index is 277. The van der Waals surface area contributed by atoms with Crippen molar-refractivity contribution in [2.24, 2.45) is 11.1 Å². The van der Waals surface area contributed by atoms with Crippen molar-refractivity contribution in [3.8, 4) is 0 Å². The minimum atomic E-state index is -0.541. The van der Waals surface area contributed by atoms with Gasteiger partial charge < -0.3 is 11.1 Å². The lowest BCUT2D eigenvalue weighted by atomic mass is 9.68. The zero-order valence-electron chi connectivity index (χ0n) is 9.91. The fourth-order valence-corrected chi connectivity index (χ4v) is 2.78. The maximum atomic E-state index is 12.1. The van der Waals surface area contributed by atoms with Gasteiger partial charge in [-0.1, -0.05) is 25.6 Å². The minimum absolute atomic E-state index is 0.0236. The van der Waals surface area contributed by atoms with Gasteiger partial charge in [0.15, 0.2) is 0 Å². The van der Waals surface area contributed by atoms with Gasteiger partial charge in [0.1, 0.15) is 0 Å². The summed E-state index contributed by atoms with van der Waals surface area (Å²) < 4.78 is 0. The first-order chi connectivity index (χ1) is 7.53. The first-order valence-electron chi connectivity index (χ1n) is 5.71. The van der Waals surface area contributed by atoms with Crippen LogP contribution in [-0.2, 0) is 4.79 Å². The van der Waals surface area contributed by atoms with Crippen LogP contribution in [0, 0.1) is 5.41 Å². The summed E-state index contributed by atoms with van der Waals surface area (Å²) in [5.41, 5.74) is 5.13. The summed E-state index contributed by atoms with van der Waals surface area (Å²) in [6.45, 7) is 4.13. The summed E-state index contributed by atoms with van der Waals surface area (Å²) in [7, 11) is 0. The molecule has 0 aromatic rings. The maximum Gasteiger partial charge on any atom is 0.233 e. The highest BCUT2D eigenvalue weighted by atomic mass is 32.2. The fourth-order valence-electron chi connectivity index (χ4n) is 1.81. The van der Waals surface area contributed by atoms with Crippen molar-refractivity contribution in [1.82, 2.24) is 5.32 Å². The summed E-state index contributed by atoms with van der Waals surface area (Å²) >= 11 is 6.83. The van der Waals surface area contributed by atoms with Gasteiger partial charge in [0, 0.05) is 11.8 Å². The Hall–Kier alpha value is -0.290. The summed E-state index contributed by atoms with van der Waals surface area (Å²) in [6, 6.07) is 0.185. The van der Waals surface area contributed by atoms with Gasteiger partial charge in [-0.2, -0.15) is 11.8 Å². The van der Waals surface area contributed by atoms with E-state index in [4.69, 9.17) is 18.0 Å². The number of carbonyl (C=O) groups is 1. The average molecular weight is 260 g/mol. The van der Waals surface area contributed by atoms with Crippen LogP contribution in [0.3, 0.4) is 0 Å². The van der Waals surface area contributed by atoms with E-state index in [1.165, 1.54) is 0 Å². The minimum Gasteiger partial charge on any atom is -0.392 e. The van der Waals surface area contributed by atoms with Gasteiger partial charge in [-0.05, 0) is 25.5 Å². The third kappa shape index (κ3) is 2.88. The largest absolute Gasteiger partial charge is 0.392 e. The lowest BCUT2D eigenvalue weighted by Gasteiger charge is -2.39. The smallest absolute Gasteiger partial charge is 0.233 e. The van der Waals surface area contributed by atoms with Crippen molar-refractivity contribution in [2.75, 3.05) is 11.5 Å². The summed E-state index contributed by atoms with van der Waals surface area (Å²) in [5.74, 6) is 2.03. The van der Waals surface area contributed by atoms with Crippen molar-refractivity contribution in [3.63, 3.8) is 0 Å². The second-order valence-corrected chi connectivity index (χ2v) is 6.09. The molecule has 0 aliphatic heterocycles. The number of thiocarbonyl (C=S) groups is 1. The van der Waals surface area contributed by atoms with Crippen LogP contribution >= 0.6 is 24.0 Å². The lowest BCUT2D eigenvalue weighted by molar-refractivity contribution is -0.131. The molecule has 1 unspecified atom stereocenters. The molecule has 0 heterocycles. The van der Waals surface area contributed by atoms with E-state index in [2.05, 4.69) is 12.2 Å². The molecule has 0 aromatic heterocycles. The van der Waals surface area contributed by atoms with Crippen molar-refractivity contribution in [3.05, 3.63) is 0 Å². The normalized spacial score (nSPS) is 19.6. The molecule has 1 aliphatic carbocycles. The Kier molecular flexibility index (Phi) is 5.05. The molecular formula is C11H20N2OS2. The molecule has 92 valence electrons. The molecule has 0 radical (unpaired) electrons. The first-order valence-corrected chi connectivity index (χ1v) is 7.28. The average Bonchev–Trinajstić information content (AvgIpc) is 2.11. The number of amides is 1. The van der Waals surface area contributed by atoms with E-state index in [-0.39, 0.29) is 11.9 Å². The summed E-state index contributed by atoms with van der Waals surface area (Å²) in [5, 5.41) is 3.01. The monoisotopic (exact) mass is 260 g/mol. The first kappa shape index (κ1) is 13.8. The zero-order valence-corrected chi connectivity index (χ0v) is 11.5. The quantitative estimate of drug-likeness (QED) is 0.714. The van der Waals surface area contributed by atoms with Gasteiger partial charge in [-0.3, -0.25) is 4.79 Å². The lowest BCUT2D eigenvalue weighted by Crippen LogP contribution is -2.55. The number of carbonyl (C=O) groups excluding carboxylic acids is 1. The Morgan fingerprint density at radius 1 is 1.62 bits per heavy atom. The number of hydrogen-bond donors (Lipinski definition) is 2. The third-order valence-corrected chi connectivity index (χ3v) is 4.60. The molecular weight excluding hydrogens is 240 g/mol. The second kappa shape index (κ2) is 5.87. The third-order valence-electron chi connectivity index (χ3n) is 3.06. The van der Waals surface area contributed by atoms with Crippen molar-refractivity contribution in [2.45, 2.75) is 39.2 Å². The van der Waals surface area contributed by atoms with Crippen LogP contribution in [0.2, 0.25) is 0 Å². The highest BCUT2D eigenvalue weighted by molar-refractivity contribution is 7.99. The van der Waals surface area contributed by atoms with Crippen LogP contribution in [0.15, 0.2) is 0 Å². The standard InChI is InChI=1S/C11H20N2OS2/c1-3-16-7-8(2)13-10(14)11(9(12)15)5-4-6-11/h8H,3-7H2,1-2H3,(H2,12,15)(H,13,14). The predicted molar refractivity (Wildman–Crippen MR) is 73.7 cm³/mol. The highest BCUT2D eigenvalue weighted by Gasteiger charge is 2.47. The Morgan fingerprint density at radius 3 is 2.62 bits per heavy atom. The molecule has 1 rings (SSSR count). The molecule has 0 bridgehead atoms. The second-order valence-electron chi connectivity index (χ2n) is 4.33. The zero-order chi connectivity index (χ0) is 12.2. The fraction of sp³-hybridized carbons (Fsp3) is 0.818. The molecule has 5 heteroatoms. The van der Waals surface area contributed by atoms with E-state index in [1.807, 2.05) is 18.7 Å². The van der Waals surface area contributed by atoms with Crippen LogP contribution < -0.4 is 11.1 Å². The van der Waals surface area contributed by atoms with Crippen LogP contribution in [0.5, 0.6) is 0 Å². The molecule has 1 aliphatic rings. The summed E-state index contributed by atoms with van der Waals surface area (Å²) in [4.78, 5) is 12.4. The molecule has 1 fully saturated rings. The van der Waals surface area contributed by atoms with Gasteiger partial charge in [0.25, 0.3) is 0 Å². The van der Waals surface area contributed by atoms with E-state index >= 15 is 0 Å². The topological polar surface area (TPSA) is 55.1 Å². The van der Waals surface area contributed by atoms with Gasteiger partial charge in [0.05, 0.1) is 10.4 Å². The number of thioether (sulfide) groups is 1. The number of hydrogen-bond acceptors (Lipinski definition) is 3. The molecule has 0 aromatic carbocycles.